The molecule has 1 N–H and O–H groups in total. The minimum atomic E-state index is -0.569. The van der Waals surface area contributed by atoms with Gasteiger partial charge < -0.3 is 4.74 Å². The predicted octanol–water partition coefficient (Wildman–Crippen LogP) is 1.34. The van der Waals surface area contributed by atoms with E-state index in [0.29, 0.717) is 5.71 Å². The first kappa shape index (κ1) is 13.6. The monoisotopic (exact) mass is 252 g/mol. The fourth-order valence-electron chi connectivity index (χ4n) is 1.10. The number of hydrogen-bond acceptors (Lipinski definition) is 7. The molecule has 0 spiro atoms. The van der Waals surface area contributed by atoms with Gasteiger partial charge in [-0.3, -0.25) is 20.3 Å². The van der Waals surface area contributed by atoms with Crippen molar-refractivity contribution < 1.29 is 14.5 Å². The molecule has 0 atom stereocenters. The Morgan fingerprint density at radius 3 is 3.00 bits per heavy atom. The van der Waals surface area contributed by atoms with E-state index in [4.69, 9.17) is 0 Å². The standard InChI is InChI=1S/C10H12N4O4/c1-7(6-9(15)18-2)12-13-10-8(14(16)17)4-3-5-11-10/h3-5H,6H2,1-2H3,(H,11,13)/b12-7+. The molecule has 0 amide bonds. The van der Waals surface area contributed by atoms with Crippen molar-refractivity contribution in [3.8, 4) is 0 Å². The predicted molar refractivity (Wildman–Crippen MR) is 64.3 cm³/mol. The molecule has 0 aliphatic carbocycles. The summed E-state index contributed by atoms with van der Waals surface area (Å²) in [7, 11) is 1.27. The second-order valence-electron chi connectivity index (χ2n) is 3.34. The molecule has 0 aliphatic heterocycles. The van der Waals surface area contributed by atoms with Gasteiger partial charge in [0, 0.05) is 18.0 Å². The number of hydrogen-bond donors (Lipinski definition) is 1. The molecule has 0 unspecified atom stereocenters. The minimum absolute atomic E-state index is 0.00410. The Labute approximate surface area is 103 Å². The van der Waals surface area contributed by atoms with Gasteiger partial charge in [-0.2, -0.15) is 5.10 Å². The number of methoxy groups -OCH3 is 1. The quantitative estimate of drug-likeness (QED) is 0.367. The van der Waals surface area contributed by atoms with E-state index >= 15 is 0 Å². The van der Waals surface area contributed by atoms with Gasteiger partial charge in [0.05, 0.1) is 18.5 Å². The van der Waals surface area contributed by atoms with E-state index in [1.54, 1.807) is 6.92 Å². The first-order valence-electron chi connectivity index (χ1n) is 5.00. The second-order valence-corrected chi connectivity index (χ2v) is 3.34. The van der Waals surface area contributed by atoms with Crippen LogP contribution in [0.15, 0.2) is 23.4 Å². The van der Waals surface area contributed by atoms with E-state index in [2.05, 4.69) is 20.2 Å². The summed E-state index contributed by atoms with van der Waals surface area (Å²) >= 11 is 0. The fourth-order valence-corrected chi connectivity index (χ4v) is 1.10. The molecule has 96 valence electrons. The van der Waals surface area contributed by atoms with Crippen molar-refractivity contribution >= 4 is 23.2 Å². The van der Waals surface area contributed by atoms with Crippen LogP contribution in [0.5, 0.6) is 0 Å². The summed E-state index contributed by atoms with van der Waals surface area (Å²) in [6.45, 7) is 1.60. The number of anilines is 1. The van der Waals surface area contributed by atoms with Crippen LogP contribution in [0.3, 0.4) is 0 Å². The third kappa shape index (κ3) is 3.81. The highest BCUT2D eigenvalue weighted by atomic mass is 16.6. The topological polar surface area (TPSA) is 107 Å². The number of esters is 1. The maximum absolute atomic E-state index is 11.0. The van der Waals surface area contributed by atoms with E-state index < -0.39 is 10.9 Å². The molecule has 1 heterocycles. The van der Waals surface area contributed by atoms with Crippen LogP contribution in [0.4, 0.5) is 11.5 Å². The molecule has 1 aromatic rings. The molecule has 0 fully saturated rings. The van der Waals surface area contributed by atoms with Gasteiger partial charge >= 0.3 is 11.7 Å². The Morgan fingerprint density at radius 2 is 2.39 bits per heavy atom. The van der Waals surface area contributed by atoms with Gasteiger partial charge in [0.15, 0.2) is 0 Å². The highest BCUT2D eigenvalue weighted by Gasteiger charge is 2.13. The van der Waals surface area contributed by atoms with Crippen LogP contribution in [0.1, 0.15) is 13.3 Å². The molecule has 8 nitrogen and oxygen atoms in total. The number of nitrogens with zero attached hydrogens (tertiary/aromatic N) is 3. The Morgan fingerprint density at radius 1 is 1.67 bits per heavy atom. The molecule has 0 aliphatic rings. The van der Waals surface area contributed by atoms with Gasteiger partial charge in [0.25, 0.3) is 0 Å². The summed E-state index contributed by atoms with van der Waals surface area (Å²) < 4.78 is 4.46. The fraction of sp³-hybridized carbons (Fsp3) is 0.300. The number of nitrogens with one attached hydrogen (secondary N) is 1. The van der Waals surface area contributed by atoms with Crippen LogP contribution in [0.25, 0.3) is 0 Å². The van der Waals surface area contributed by atoms with Crippen molar-refractivity contribution in [2.45, 2.75) is 13.3 Å². The number of carbonyl (C=O) groups excluding carboxylic acids is 1. The largest absolute Gasteiger partial charge is 0.469 e. The van der Waals surface area contributed by atoms with Crippen LogP contribution in [-0.4, -0.2) is 28.7 Å². The summed E-state index contributed by atoms with van der Waals surface area (Å²) in [6.07, 6.45) is 1.41. The van der Waals surface area contributed by atoms with Crippen LogP contribution in [0, 0.1) is 10.1 Å². The number of ether oxygens (including phenoxy) is 1. The summed E-state index contributed by atoms with van der Waals surface area (Å²) in [4.78, 5) is 24.9. The van der Waals surface area contributed by atoms with E-state index in [0.717, 1.165) is 0 Å². The van der Waals surface area contributed by atoms with Crippen LogP contribution in [0.2, 0.25) is 0 Å². The molecule has 1 rings (SSSR count). The number of hydrazone groups is 1. The molecule has 0 saturated carbocycles. The third-order valence-corrected chi connectivity index (χ3v) is 1.96. The summed E-state index contributed by atoms with van der Waals surface area (Å²) in [6, 6.07) is 2.76. The molecule has 0 aromatic carbocycles. The maximum Gasteiger partial charge on any atom is 0.313 e. The van der Waals surface area contributed by atoms with E-state index in [1.165, 1.54) is 25.4 Å². The van der Waals surface area contributed by atoms with Crippen molar-refractivity contribution in [1.82, 2.24) is 4.98 Å². The molecule has 1 aromatic heterocycles. The first-order valence-corrected chi connectivity index (χ1v) is 5.00. The molecular weight excluding hydrogens is 240 g/mol. The SMILES string of the molecule is COC(=O)C/C(C)=N/Nc1ncccc1[N+](=O)[O-]. The molecular formula is C10H12N4O4. The lowest BCUT2D eigenvalue weighted by Crippen LogP contribution is -2.08. The normalized spacial score (nSPS) is 10.9. The molecule has 8 heteroatoms. The van der Waals surface area contributed by atoms with Crippen molar-refractivity contribution in [1.29, 1.82) is 0 Å². The Balaban J connectivity index is 2.76. The van der Waals surface area contributed by atoms with Gasteiger partial charge in [0.2, 0.25) is 5.82 Å². The van der Waals surface area contributed by atoms with Crippen molar-refractivity contribution in [3.05, 3.63) is 28.4 Å². The van der Waals surface area contributed by atoms with Crippen molar-refractivity contribution in [3.63, 3.8) is 0 Å². The number of pyridine rings is 1. The number of carbonyl (C=O) groups is 1. The lowest BCUT2D eigenvalue weighted by molar-refractivity contribution is -0.384. The third-order valence-electron chi connectivity index (χ3n) is 1.96. The minimum Gasteiger partial charge on any atom is -0.469 e. The van der Waals surface area contributed by atoms with Gasteiger partial charge in [-0.1, -0.05) is 0 Å². The highest BCUT2D eigenvalue weighted by molar-refractivity contribution is 5.97. The number of nitro groups is 1. The van der Waals surface area contributed by atoms with E-state index in [1.807, 2.05) is 0 Å². The van der Waals surface area contributed by atoms with Gasteiger partial charge in [-0.05, 0) is 13.0 Å². The molecule has 0 saturated heterocycles. The Bertz CT molecular complexity index is 487. The number of aromatic nitrogens is 1. The summed E-state index contributed by atoms with van der Waals surface area (Å²) in [5.41, 5.74) is 2.70. The Hall–Kier alpha value is -2.51. The van der Waals surface area contributed by atoms with Crippen LogP contribution < -0.4 is 5.43 Å². The molecule has 0 bridgehead atoms. The molecule has 18 heavy (non-hydrogen) atoms. The summed E-state index contributed by atoms with van der Waals surface area (Å²) in [5, 5.41) is 14.5. The van der Waals surface area contributed by atoms with Crippen LogP contribution in [-0.2, 0) is 9.53 Å². The lowest BCUT2D eigenvalue weighted by atomic mass is 10.3. The van der Waals surface area contributed by atoms with Crippen LogP contribution >= 0.6 is 0 Å². The zero-order valence-corrected chi connectivity index (χ0v) is 9.91. The summed E-state index contributed by atoms with van der Waals surface area (Å²) in [5.74, 6) is -0.416. The van der Waals surface area contributed by atoms with Gasteiger partial charge in [-0.25, -0.2) is 4.98 Å². The smallest absolute Gasteiger partial charge is 0.313 e. The van der Waals surface area contributed by atoms with Gasteiger partial charge in [-0.15, -0.1) is 0 Å². The zero-order valence-electron chi connectivity index (χ0n) is 9.91. The van der Waals surface area contributed by atoms with E-state index in [9.17, 15) is 14.9 Å². The zero-order chi connectivity index (χ0) is 13.5. The van der Waals surface area contributed by atoms with Crippen molar-refractivity contribution in [2.24, 2.45) is 5.10 Å². The van der Waals surface area contributed by atoms with E-state index in [-0.39, 0.29) is 17.9 Å². The Kier molecular flexibility index (Phi) is 4.73. The lowest BCUT2D eigenvalue weighted by Gasteiger charge is -2.02. The average Bonchev–Trinajstić information content (AvgIpc) is 2.36. The first-order chi connectivity index (χ1) is 8.54. The highest BCUT2D eigenvalue weighted by Crippen LogP contribution is 2.20. The second kappa shape index (κ2) is 6.28. The van der Waals surface area contributed by atoms with Crippen molar-refractivity contribution in [2.75, 3.05) is 12.5 Å². The maximum atomic E-state index is 11.0. The van der Waals surface area contributed by atoms with Gasteiger partial charge in [0.1, 0.15) is 0 Å². The molecule has 0 radical (unpaired) electrons. The average molecular weight is 252 g/mol. The number of rotatable bonds is 5.